The molecule has 1 aromatic carbocycles. The first-order valence-electron chi connectivity index (χ1n) is 6.22. The zero-order valence-electron chi connectivity index (χ0n) is 11.4. The van der Waals surface area contributed by atoms with Gasteiger partial charge in [-0.25, -0.2) is 0 Å². The Hall–Kier alpha value is -2.13. The Bertz CT molecular complexity index is 628. The normalized spacial score (nSPS) is 10.8. The summed E-state index contributed by atoms with van der Waals surface area (Å²) in [5.41, 5.74) is 3.53. The Balaban J connectivity index is 2.11. The SMILES string of the molecule is Cc1cc(C)c(NC(=O)C=Cc2cccnc2)c(Cl)c1. The minimum Gasteiger partial charge on any atom is -0.321 e. The molecule has 1 amide bonds. The summed E-state index contributed by atoms with van der Waals surface area (Å²) in [5.74, 6) is -0.220. The molecule has 0 fully saturated rings. The highest BCUT2D eigenvalue weighted by Crippen LogP contribution is 2.27. The third-order valence-electron chi connectivity index (χ3n) is 2.79. The van der Waals surface area contributed by atoms with Gasteiger partial charge in [0.25, 0.3) is 0 Å². The van der Waals surface area contributed by atoms with Crippen molar-refractivity contribution in [1.82, 2.24) is 4.98 Å². The second kappa shape index (κ2) is 6.35. The zero-order chi connectivity index (χ0) is 14.5. The number of carbonyl (C=O) groups excluding carboxylic acids is 1. The van der Waals surface area contributed by atoms with Crippen LogP contribution in [-0.2, 0) is 4.79 Å². The van der Waals surface area contributed by atoms with Crippen molar-refractivity contribution < 1.29 is 4.79 Å². The van der Waals surface area contributed by atoms with E-state index < -0.39 is 0 Å². The molecule has 0 aliphatic heterocycles. The number of aryl methyl sites for hydroxylation is 2. The number of halogens is 1. The van der Waals surface area contributed by atoms with Gasteiger partial charge in [-0.2, -0.15) is 0 Å². The fraction of sp³-hybridized carbons (Fsp3) is 0.125. The molecule has 3 nitrogen and oxygen atoms in total. The molecular formula is C16H15ClN2O. The molecule has 0 saturated carbocycles. The molecule has 1 N–H and O–H groups in total. The number of hydrogen-bond donors (Lipinski definition) is 1. The lowest BCUT2D eigenvalue weighted by Crippen LogP contribution is -2.09. The highest BCUT2D eigenvalue weighted by Gasteiger charge is 2.07. The van der Waals surface area contributed by atoms with Crippen molar-refractivity contribution in [1.29, 1.82) is 0 Å². The standard InChI is InChI=1S/C16H15ClN2O/c1-11-8-12(2)16(14(17)9-11)19-15(20)6-5-13-4-3-7-18-10-13/h3-10H,1-2H3,(H,19,20). The summed E-state index contributed by atoms with van der Waals surface area (Å²) in [7, 11) is 0. The summed E-state index contributed by atoms with van der Waals surface area (Å²) in [6, 6.07) is 7.50. The van der Waals surface area contributed by atoms with Gasteiger partial charge >= 0.3 is 0 Å². The number of aromatic nitrogens is 1. The summed E-state index contributed by atoms with van der Waals surface area (Å²) < 4.78 is 0. The lowest BCUT2D eigenvalue weighted by Gasteiger charge is -2.10. The Morgan fingerprint density at radius 3 is 2.80 bits per heavy atom. The second-order valence-electron chi connectivity index (χ2n) is 4.55. The van der Waals surface area contributed by atoms with Crippen LogP contribution in [0.2, 0.25) is 5.02 Å². The van der Waals surface area contributed by atoms with Crippen LogP contribution in [0.15, 0.2) is 42.7 Å². The van der Waals surface area contributed by atoms with E-state index in [0.717, 1.165) is 16.7 Å². The number of amides is 1. The lowest BCUT2D eigenvalue weighted by atomic mass is 10.1. The fourth-order valence-electron chi connectivity index (χ4n) is 1.89. The van der Waals surface area contributed by atoms with Crippen molar-refractivity contribution in [2.45, 2.75) is 13.8 Å². The van der Waals surface area contributed by atoms with Crippen molar-refractivity contribution in [3.63, 3.8) is 0 Å². The third-order valence-corrected chi connectivity index (χ3v) is 3.09. The van der Waals surface area contributed by atoms with Gasteiger partial charge in [0.2, 0.25) is 5.91 Å². The Morgan fingerprint density at radius 1 is 1.35 bits per heavy atom. The van der Waals surface area contributed by atoms with Crippen LogP contribution in [0.4, 0.5) is 5.69 Å². The van der Waals surface area contributed by atoms with Crippen molar-refractivity contribution in [2.75, 3.05) is 5.32 Å². The number of hydrogen-bond acceptors (Lipinski definition) is 2. The van der Waals surface area contributed by atoms with Crippen molar-refractivity contribution in [3.8, 4) is 0 Å². The van der Waals surface area contributed by atoms with Gasteiger partial charge in [0, 0.05) is 18.5 Å². The predicted molar refractivity (Wildman–Crippen MR) is 82.8 cm³/mol. The summed E-state index contributed by atoms with van der Waals surface area (Å²) in [6.07, 6.45) is 6.55. The van der Waals surface area contributed by atoms with Gasteiger partial charge < -0.3 is 5.32 Å². The first-order valence-corrected chi connectivity index (χ1v) is 6.60. The van der Waals surface area contributed by atoms with Gasteiger partial charge in [0.1, 0.15) is 0 Å². The Labute approximate surface area is 123 Å². The van der Waals surface area contributed by atoms with Crippen LogP contribution in [0.5, 0.6) is 0 Å². The highest BCUT2D eigenvalue weighted by molar-refractivity contribution is 6.34. The van der Waals surface area contributed by atoms with E-state index >= 15 is 0 Å². The van der Waals surface area contributed by atoms with E-state index in [-0.39, 0.29) is 5.91 Å². The minimum atomic E-state index is -0.220. The maximum atomic E-state index is 11.9. The smallest absolute Gasteiger partial charge is 0.248 e. The molecule has 20 heavy (non-hydrogen) atoms. The summed E-state index contributed by atoms with van der Waals surface area (Å²) >= 11 is 6.15. The van der Waals surface area contributed by atoms with E-state index in [4.69, 9.17) is 11.6 Å². The van der Waals surface area contributed by atoms with E-state index in [9.17, 15) is 4.79 Å². The number of anilines is 1. The van der Waals surface area contributed by atoms with Crippen LogP contribution >= 0.6 is 11.6 Å². The van der Waals surface area contributed by atoms with Crippen LogP contribution in [-0.4, -0.2) is 10.9 Å². The Morgan fingerprint density at radius 2 is 2.15 bits per heavy atom. The van der Waals surface area contributed by atoms with E-state index in [0.29, 0.717) is 10.7 Å². The van der Waals surface area contributed by atoms with Crippen LogP contribution in [0.25, 0.3) is 6.08 Å². The predicted octanol–water partition coefficient (Wildman–Crippen LogP) is 4.00. The average Bonchev–Trinajstić information content (AvgIpc) is 2.42. The van der Waals surface area contributed by atoms with Crippen molar-refractivity contribution in [3.05, 3.63) is 64.4 Å². The third kappa shape index (κ3) is 3.68. The first-order chi connectivity index (χ1) is 9.56. The molecule has 4 heteroatoms. The molecule has 2 aromatic rings. The topological polar surface area (TPSA) is 42.0 Å². The number of benzene rings is 1. The van der Waals surface area contributed by atoms with Crippen LogP contribution in [0.3, 0.4) is 0 Å². The van der Waals surface area contributed by atoms with Gasteiger partial charge in [0.05, 0.1) is 10.7 Å². The molecule has 0 unspecified atom stereocenters. The number of nitrogens with zero attached hydrogens (tertiary/aromatic N) is 1. The molecule has 0 aliphatic rings. The molecule has 102 valence electrons. The van der Waals surface area contributed by atoms with E-state index in [1.165, 1.54) is 6.08 Å². The number of pyridine rings is 1. The maximum absolute atomic E-state index is 11.9. The number of nitrogens with one attached hydrogen (secondary N) is 1. The van der Waals surface area contributed by atoms with Gasteiger partial charge in [0.15, 0.2) is 0 Å². The zero-order valence-corrected chi connectivity index (χ0v) is 12.1. The van der Waals surface area contributed by atoms with Crippen LogP contribution < -0.4 is 5.32 Å². The average molecular weight is 287 g/mol. The van der Waals surface area contributed by atoms with Crippen molar-refractivity contribution >= 4 is 29.3 Å². The highest BCUT2D eigenvalue weighted by atomic mass is 35.5. The molecule has 0 radical (unpaired) electrons. The van der Waals surface area contributed by atoms with E-state index in [1.54, 1.807) is 18.5 Å². The second-order valence-corrected chi connectivity index (χ2v) is 4.95. The van der Waals surface area contributed by atoms with Gasteiger partial charge in [-0.15, -0.1) is 0 Å². The van der Waals surface area contributed by atoms with Crippen LogP contribution in [0, 0.1) is 13.8 Å². The number of rotatable bonds is 3. The molecule has 1 aromatic heterocycles. The Kier molecular flexibility index (Phi) is 4.53. The summed E-state index contributed by atoms with van der Waals surface area (Å²) in [4.78, 5) is 15.9. The quantitative estimate of drug-likeness (QED) is 0.867. The molecular weight excluding hydrogens is 272 g/mol. The summed E-state index contributed by atoms with van der Waals surface area (Å²) in [6.45, 7) is 3.88. The van der Waals surface area contributed by atoms with E-state index in [2.05, 4.69) is 10.3 Å². The summed E-state index contributed by atoms with van der Waals surface area (Å²) in [5, 5.41) is 3.34. The molecule has 2 rings (SSSR count). The molecule has 0 saturated heterocycles. The van der Waals surface area contributed by atoms with Gasteiger partial charge in [-0.3, -0.25) is 9.78 Å². The van der Waals surface area contributed by atoms with Crippen LogP contribution in [0.1, 0.15) is 16.7 Å². The minimum absolute atomic E-state index is 0.220. The lowest BCUT2D eigenvalue weighted by molar-refractivity contribution is -0.111. The molecule has 1 heterocycles. The monoisotopic (exact) mass is 286 g/mol. The fourth-order valence-corrected chi connectivity index (χ4v) is 2.25. The first kappa shape index (κ1) is 14.3. The maximum Gasteiger partial charge on any atom is 0.248 e. The molecule has 0 spiro atoms. The van der Waals surface area contributed by atoms with Crippen molar-refractivity contribution in [2.24, 2.45) is 0 Å². The van der Waals surface area contributed by atoms with E-state index in [1.807, 2.05) is 38.1 Å². The molecule has 0 bridgehead atoms. The largest absolute Gasteiger partial charge is 0.321 e. The molecule has 0 aliphatic carbocycles. The van der Waals surface area contributed by atoms with Gasteiger partial charge in [-0.05, 0) is 48.7 Å². The van der Waals surface area contributed by atoms with Gasteiger partial charge in [-0.1, -0.05) is 23.7 Å². The molecule has 0 atom stereocenters. The number of carbonyl (C=O) groups is 1.